The van der Waals surface area contributed by atoms with E-state index in [1.54, 1.807) is 12.1 Å². The first kappa shape index (κ1) is 16.7. The third kappa shape index (κ3) is 3.24. The van der Waals surface area contributed by atoms with Crippen molar-refractivity contribution in [3.8, 4) is 5.75 Å². The quantitative estimate of drug-likeness (QED) is 0.761. The molecule has 0 bridgehead atoms. The summed E-state index contributed by atoms with van der Waals surface area (Å²) in [6, 6.07) is 9.83. The second-order valence-electron chi connectivity index (χ2n) is 5.08. The summed E-state index contributed by atoms with van der Waals surface area (Å²) >= 11 is 3.16. The van der Waals surface area contributed by atoms with E-state index in [2.05, 4.69) is 15.9 Å². The minimum Gasteiger partial charge on any atom is -0.507 e. The second-order valence-corrected chi connectivity index (χ2v) is 5.93. The summed E-state index contributed by atoms with van der Waals surface area (Å²) in [5.41, 5.74) is 0.785. The molecule has 7 nitrogen and oxygen atoms in total. The molecule has 3 rings (SSSR count). The number of phenolic OH excluding ortho intramolecular Hbond substituents is 1. The van der Waals surface area contributed by atoms with Crippen LogP contribution < -0.4 is 4.90 Å². The zero-order chi connectivity index (χ0) is 18.1. The van der Waals surface area contributed by atoms with Gasteiger partial charge in [-0.15, -0.1) is 0 Å². The number of ether oxygens (including phenoxy) is 1. The van der Waals surface area contributed by atoms with Crippen molar-refractivity contribution < 1.29 is 29.3 Å². The molecule has 25 heavy (non-hydrogen) atoms. The standard InChI is InChI=1S/C17H10BrNO6/c18-12-7-9(1-6-13(12)20)8-14-15(21)19(17(24)25-14)11-4-2-10(3-5-11)16(22)23/h1-8,20H,(H,22,23)/b14-8-. The van der Waals surface area contributed by atoms with Crippen LogP contribution >= 0.6 is 15.9 Å². The Morgan fingerprint density at radius 3 is 2.40 bits per heavy atom. The normalized spacial score (nSPS) is 15.6. The van der Waals surface area contributed by atoms with Crippen LogP contribution in [0.15, 0.2) is 52.7 Å². The molecule has 8 heteroatoms. The molecule has 2 amide bonds. The second kappa shape index (κ2) is 6.40. The van der Waals surface area contributed by atoms with Crippen LogP contribution in [-0.4, -0.2) is 28.2 Å². The van der Waals surface area contributed by atoms with Gasteiger partial charge in [0.25, 0.3) is 0 Å². The molecular weight excluding hydrogens is 394 g/mol. The molecule has 1 aliphatic rings. The Morgan fingerprint density at radius 1 is 1.12 bits per heavy atom. The van der Waals surface area contributed by atoms with E-state index in [-0.39, 0.29) is 22.8 Å². The van der Waals surface area contributed by atoms with E-state index >= 15 is 0 Å². The molecule has 0 radical (unpaired) electrons. The number of hydrogen-bond donors (Lipinski definition) is 2. The Labute approximate surface area is 149 Å². The number of halogens is 1. The predicted molar refractivity (Wildman–Crippen MR) is 91.2 cm³/mol. The number of amides is 2. The van der Waals surface area contributed by atoms with Gasteiger partial charge in [-0.3, -0.25) is 4.79 Å². The molecule has 1 saturated heterocycles. The molecule has 1 aliphatic heterocycles. The van der Waals surface area contributed by atoms with E-state index in [1.165, 1.54) is 36.4 Å². The number of carbonyl (C=O) groups is 3. The number of carboxylic acid groups (broad SMARTS) is 1. The molecule has 2 aromatic carbocycles. The smallest absolute Gasteiger partial charge is 0.427 e. The largest absolute Gasteiger partial charge is 0.507 e. The molecule has 0 aromatic heterocycles. The summed E-state index contributed by atoms with van der Waals surface area (Å²) in [5, 5.41) is 18.4. The Morgan fingerprint density at radius 2 is 1.80 bits per heavy atom. The number of aromatic carboxylic acids is 1. The van der Waals surface area contributed by atoms with Crippen molar-refractivity contribution in [2.24, 2.45) is 0 Å². The number of nitrogens with zero attached hydrogens (tertiary/aromatic N) is 1. The van der Waals surface area contributed by atoms with Gasteiger partial charge < -0.3 is 14.9 Å². The van der Waals surface area contributed by atoms with Crippen molar-refractivity contribution in [3.63, 3.8) is 0 Å². The van der Waals surface area contributed by atoms with Crippen molar-refractivity contribution in [2.45, 2.75) is 0 Å². The number of cyclic esters (lactones) is 1. The molecule has 1 heterocycles. The van der Waals surface area contributed by atoms with Crippen molar-refractivity contribution in [1.29, 1.82) is 0 Å². The van der Waals surface area contributed by atoms with Gasteiger partial charge in [0.15, 0.2) is 5.76 Å². The first-order chi connectivity index (χ1) is 11.9. The average molecular weight is 404 g/mol. The van der Waals surface area contributed by atoms with Gasteiger partial charge in [0.2, 0.25) is 0 Å². The predicted octanol–water partition coefficient (Wildman–Crippen LogP) is 3.38. The molecule has 126 valence electrons. The topological polar surface area (TPSA) is 104 Å². The van der Waals surface area contributed by atoms with Gasteiger partial charge in [-0.2, -0.15) is 0 Å². The van der Waals surface area contributed by atoms with Crippen molar-refractivity contribution in [1.82, 2.24) is 0 Å². The van der Waals surface area contributed by atoms with Crippen LogP contribution in [0.2, 0.25) is 0 Å². The fraction of sp³-hybridized carbons (Fsp3) is 0. The Hall–Kier alpha value is -3.13. The maximum atomic E-state index is 12.4. The third-order valence-electron chi connectivity index (χ3n) is 3.44. The van der Waals surface area contributed by atoms with Crippen LogP contribution in [0.25, 0.3) is 6.08 Å². The zero-order valence-corrected chi connectivity index (χ0v) is 14.1. The number of hydrogen-bond acceptors (Lipinski definition) is 5. The maximum absolute atomic E-state index is 12.4. The monoisotopic (exact) mass is 403 g/mol. The Kier molecular flexibility index (Phi) is 4.28. The summed E-state index contributed by atoms with van der Waals surface area (Å²) in [6.45, 7) is 0. The first-order valence-electron chi connectivity index (χ1n) is 6.96. The van der Waals surface area contributed by atoms with E-state index < -0.39 is 18.0 Å². The highest BCUT2D eigenvalue weighted by Crippen LogP contribution is 2.29. The van der Waals surface area contributed by atoms with E-state index in [4.69, 9.17) is 9.84 Å². The van der Waals surface area contributed by atoms with Gasteiger partial charge in [-0.05, 0) is 64.0 Å². The summed E-state index contributed by atoms with van der Waals surface area (Å²) < 4.78 is 5.43. The lowest BCUT2D eigenvalue weighted by Gasteiger charge is -2.10. The van der Waals surface area contributed by atoms with Crippen LogP contribution in [-0.2, 0) is 9.53 Å². The molecule has 2 N–H and O–H groups in total. The fourth-order valence-corrected chi connectivity index (χ4v) is 2.60. The highest BCUT2D eigenvalue weighted by Gasteiger charge is 2.37. The summed E-state index contributed by atoms with van der Waals surface area (Å²) in [5.74, 6) is -1.92. The number of aromatic hydroxyl groups is 1. The fourth-order valence-electron chi connectivity index (χ4n) is 2.21. The summed E-state index contributed by atoms with van der Waals surface area (Å²) in [6.07, 6.45) is 0.493. The number of anilines is 1. The lowest BCUT2D eigenvalue weighted by Crippen LogP contribution is -2.28. The van der Waals surface area contributed by atoms with E-state index in [0.29, 0.717) is 10.0 Å². The highest BCUT2D eigenvalue weighted by atomic mass is 79.9. The van der Waals surface area contributed by atoms with Gasteiger partial charge in [0, 0.05) is 0 Å². The molecule has 1 fully saturated rings. The average Bonchev–Trinajstić information content (AvgIpc) is 2.85. The molecule has 0 saturated carbocycles. The molecule has 0 aliphatic carbocycles. The molecule has 2 aromatic rings. The third-order valence-corrected chi connectivity index (χ3v) is 4.07. The first-order valence-corrected chi connectivity index (χ1v) is 7.76. The zero-order valence-electron chi connectivity index (χ0n) is 12.5. The highest BCUT2D eigenvalue weighted by molar-refractivity contribution is 9.10. The lowest BCUT2D eigenvalue weighted by atomic mass is 10.2. The number of carbonyl (C=O) groups excluding carboxylic acids is 2. The molecule has 0 atom stereocenters. The number of rotatable bonds is 3. The Balaban J connectivity index is 1.90. The van der Waals surface area contributed by atoms with Gasteiger partial charge in [0.1, 0.15) is 5.75 Å². The summed E-state index contributed by atoms with van der Waals surface area (Å²) in [4.78, 5) is 36.1. The van der Waals surface area contributed by atoms with E-state index in [1.807, 2.05) is 0 Å². The van der Waals surface area contributed by atoms with Crippen LogP contribution in [0.5, 0.6) is 5.75 Å². The van der Waals surface area contributed by atoms with Crippen LogP contribution in [0.1, 0.15) is 15.9 Å². The Bertz CT molecular complexity index is 919. The number of phenols is 1. The van der Waals surface area contributed by atoms with Crippen LogP contribution in [0, 0.1) is 0 Å². The molecule has 0 spiro atoms. The van der Waals surface area contributed by atoms with Crippen molar-refractivity contribution in [3.05, 3.63) is 63.8 Å². The van der Waals surface area contributed by atoms with Crippen molar-refractivity contribution in [2.75, 3.05) is 4.90 Å². The van der Waals surface area contributed by atoms with E-state index in [0.717, 1.165) is 4.90 Å². The lowest BCUT2D eigenvalue weighted by molar-refractivity contribution is -0.114. The van der Waals surface area contributed by atoms with Gasteiger partial charge in [-0.25, -0.2) is 14.5 Å². The maximum Gasteiger partial charge on any atom is 0.427 e. The minimum atomic E-state index is -1.11. The number of benzene rings is 2. The number of imide groups is 1. The van der Waals surface area contributed by atoms with Gasteiger partial charge in [0.05, 0.1) is 15.7 Å². The van der Waals surface area contributed by atoms with Gasteiger partial charge >= 0.3 is 18.0 Å². The van der Waals surface area contributed by atoms with Crippen molar-refractivity contribution >= 4 is 45.7 Å². The van der Waals surface area contributed by atoms with Crippen LogP contribution in [0.4, 0.5) is 10.5 Å². The molecular formula is C17H10BrNO6. The van der Waals surface area contributed by atoms with Crippen LogP contribution in [0.3, 0.4) is 0 Å². The van der Waals surface area contributed by atoms with E-state index in [9.17, 15) is 19.5 Å². The minimum absolute atomic E-state index is 0.0356. The van der Waals surface area contributed by atoms with Gasteiger partial charge in [-0.1, -0.05) is 6.07 Å². The SMILES string of the molecule is O=C(O)c1ccc(N2C(=O)O/C(=C\c3ccc(O)c(Br)c3)C2=O)cc1. The summed E-state index contributed by atoms with van der Waals surface area (Å²) in [7, 11) is 0. The number of carboxylic acids is 1. The molecule has 0 unspecified atom stereocenters.